The van der Waals surface area contributed by atoms with Crippen LogP contribution in [0.25, 0.3) is 5.82 Å². The van der Waals surface area contributed by atoms with Crippen LogP contribution in [-0.2, 0) is 12.8 Å². The van der Waals surface area contributed by atoms with Crippen molar-refractivity contribution in [1.29, 1.82) is 5.26 Å². The molecule has 1 aliphatic heterocycles. The van der Waals surface area contributed by atoms with E-state index >= 15 is 0 Å². The fourth-order valence-corrected chi connectivity index (χ4v) is 3.74. The lowest BCUT2D eigenvalue weighted by atomic mass is 9.95. The first kappa shape index (κ1) is 21.2. The highest BCUT2D eigenvalue weighted by Gasteiger charge is 2.34. The Morgan fingerprint density at radius 1 is 1.28 bits per heavy atom. The van der Waals surface area contributed by atoms with Crippen LogP contribution in [0.4, 0.5) is 4.39 Å². The minimum atomic E-state index is -0.731. The lowest BCUT2D eigenvalue weighted by Crippen LogP contribution is -2.42. The number of amides is 2. The van der Waals surface area contributed by atoms with E-state index in [2.05, 4.69) is 20.7 Å². The summed E-state index contributed by atoms with van der Waals surface area (Å²) in [6.07, 6.45) is 3.34. The molecule has 8 nitrogen and oxygen atoms in total. The number of hydrogen-bond donors (Lipinski definition) is 2. The molecule has 9 heteroatoms. The van der Waals surface area contributed by atoms with E-state index in [1.807, 2.05) is 36.4 Å². The highest BCUT2D eigenvalue weighted by atomic mass is 19.1. The number of pyridine rings is 1. The Kier molecular flexibility index (Phi) is 6.22. The van der Waals surface area contributed by atoms with Crippen LogP contribution in [0.1, 0.15) is 44.1 Å². The van der Waals surface area contributed by atoms with E-state index in [0.29, 0.717) is 17.7 Å². The van der Waals surface area contributed by atoms with Gasteiger partial charge >= 0.3 is 0 Å². The first-order valence-corrected chi connectivity index (χ1v) is 10.3. The van der Waals surface area contributed by atoms with Crippen molar-refractivity contribution in [3.63, 3.8) is 0 Å². The van der Waals surface area contributed by atoms with Crippen LogP contribution in [0, 0.1) is 11.3 Å². The van der Waals surface area contributed by atoms with Gasteiger partial charge in [-0.2, -0.15) is 10.4 Å². The Hall–Kier alpha value is -4.06. The molecule has 4 rings (SSSR count). The summed E-state index contributed by atoms with van der Waals surface area (Å²) < 4.78 is 13.9. The summed E-state index contributed by atoms with van der Waals surface area (Å²) in [6.45, 7) is -0.911. The number of rotatable bonds is 7. The molecule has 3 heterocycles. The number of carbonyl (C=O) groups excluding carboxylic acids is 2. The number of benzene rings is 1. The van der Waals surface area contributed by atoms with Crippen LogP contribution in [0.3, 0.4) is 0 Å². The molecule has 1 unspecified atom stereocenters. The molecule has 0 radical (unpaired) electrons. The van der Waals surface area contributed by atoms with Crippen molar-refractivity contribution in [2.45, 2.75) is 25.3 Å². The van der Waals surface area contributed by atoms with Gasteiger partial charge in [-0.15, -0.1) is 0 Å². The molecular formula is C23H21FN6O2. The van der Waals surface area contributed by atoms with Gasteiger partial charge in [0.05, 0.1) is 16.8 Å². The maximum absolute atomic E-state index is 13.0. The van der Waals surface area contributed by atoms with Crippen LogP contribution in [0.5, 0.6) is 0 Å². The second kappa shape index (κ2) is 9.39. The monoisotopic (exact) mass is 432 g/mol. The standard InChI is InChI=1S/C23H21FN6O2/c24-10-11-26-23(32)21-20-18(29-30(21)19-9-7-16(13-25)14-27-19)12-17(28-22(20)31)8-6-15-4-2-1-3-5-15/h1-5,7,9,14,17H,6,8,10-12H2,(H,26,32)(H,28,31). The second-order valence-electron chi connectivity index (χ2n) is 7.44. The number of hydrogen-bond acceptors (Lipinski definition) is 5. The normalized spacial score (nSPS) is 14.9. The number of halogens is 1. The van der Waals surface area contributed by atoms with E-state index in [1.54, 1.807) is 12.1 Å². The molecule has 2 aromatic heterocycles. The van der Waals surface area contributed by atoms with E-state index in [9.17, 15) is 14.0 Å². The van der Waals surface area contributed by atoms with Crippen molar-refractivity contribution >= 4 is 11.8 Å². The quantitative estimate of drug-likeness (QED) is 0.594. The zero-order valence-corrected chi connectivity index (χ0v) is 17.2. The summed E-state index contributed by atoms with van der Waals surface area (Å²) in [5.41, 5.74) is 2.19. The van der Waals surface area contributed by atoms with Crippen LogP contribution in [-0.4, -0.2) is 45.8 Å². The molecule has 0 spiro atoms. The average Bonchev–Trinajstić information content (AvgIpc) is 3.22. The van der Waals surface area contributed by atoms with Crippen molar-refractivity contribution < 1.29 is 14.0 Å². The fourth-order valence-electron chi connectivity index (χ4n) is 3.74. The predicted octanol–water partition coefficient (Wildman–Crippen LogP) is 2.13. The van der Waals surface area contributed by atoms with Crippen molar-refractivity contribution in [2.75, 3.05) is 13.2 Å². The highest BCUT2D eigenvalue weighted by Crippen LogP contribution is 2.24. The summed E-state index contributed by atoms with van der Waals surface area (Å²) in [4.78, 5) is 30.0. The van der Waals surface area contributed by atoms with E-state index < -0.39 is 18.5 Å². The van der Waals surface area contributed by atoms with Gasteiger partial charge in [-0.3, -0.25) is 9.59 Å². The lowest BCUT2D eigenvalue weighted by molar-refractivity contribution is 0.0896. The number of fused-ring (bicyclic) bond motifs is 1. The van der Waals surface area contributed by atoms with Gasteiger partial charge in [0.1, 0.15) is 18.4 Å². The minimum Gasteiger partial charge on any atom is -0.349 e. The molecule has 0 saturated heterocycles. The first-order chi connectivity index (χ1) is 15.6. The average molecular weight is 432 g/mol. The van der Waals surface area contributed by atoms with E-state index in [0.717, 1.165) is 12.8 Å². The highest BCUT2D eigenvalue weighted by molar-refractivity contribution is 6.08. The summed E-state index contributed by atoms with van der Waals surface area (Å²) in [6, 6.07) is 14.9. The Balaban J connectivity index is 1.66. The fraction of sp³-hybridized carbons (Fsp3) is 0.261. The predicted molar refractivity (Wildman–Crippen MR) is 114 cm³/mol. The number of nitrogens with zero attached hydrogens (tertiary/aromatic N) is 4. The molecule has 0 saturated carbocycles. The van der Waals surface area contributed by atoms with Crippen LogP contribution < -0.4 is 10.6 Å². The van der Waals surface area contributed by atoms with Gasteiger partial charge < -0.3 is 10.6 Å². The van der Waals surface area contributed by atoms with E-state index in [-0.39, 0.29) is 29.7 Å². The Bertz CT molecular complexity index is 1170. The Labute approximate surface area is 184 Å². The number of alkyl halides is 1. The second-order valence-corrected chi connectivity index (χ2v) is 7.44. The molecule has 3 aromatic rings. The van der Waals surface area contributed by atoms with Gasteiger partial charge in [-0.25, -0.2) is 14.1 Å². The number of aromatic nitrogens is 3. The van der Waals surface area contributed by atoms with Crippen LogP contribution >= 0.6 is 0 Å². The molecule has 162 valence electrons. The molecule has 0 aliphatic carbocycles. The molecule has 0 bridgehead atoms. The van der Waals surface area contributed by atoms with E-state index in [4.69, 9.17) is 5.26 Å². The van der Waals surface area contributed by atoms with Crippen molar-refractivity contribution in [1.82, 2.24) is 25.4 Å². The smallest absolute Gasteiger partial charge is 0.271 e. The summed E-state index contributed by atoms with van der Waals surface area (Å²) in [5.74, 6) is -0.715. The maximum Gasteiger partial charge on any atom is 0.271 e. The van der Waals surface area contributed by atoms with Gasteiger partial charge in [-0.05, 0) is 30.5 Å². The summed E-state index contributed by atoms with van der Waals surface area (Å²) >= 11 is 0. The van der Waals surface area contributed by atoms with Gasteiger partial charge in [0.15, 0.2) is 5.82 Å². The third-order valence-electron chi connectivity index (χ3n) is 5.27. The van der Waals surface area contributed by atoms with Crippen molar-refractivity contribution in [3.8, 4) is 11.9 Å². The molecular weight excluding hydrogens is 411 g/mol. The van der Waals surface area contributed by atoms with Gasteiger partial charge in [0.2, 0.25) is 0 Å². The molecule has 1 atom stereocenters. The van der Waals surface area contributed by atoms with Crippen LogP contribution in [0.2, 0.25) is 0 Å². The van der Waals surface area contributed by atoms with Crippen molar-refractivity contribution in [2.24, 2.45) is 0 Å². The molecule has 32 heavy (non-hydrogen) atoms. The maximum atomic E-state index is 13.0. The zero-order chi connectivity index (χ0) is 22.5. The Morgan fingerprint density at radius 2 is 2.09 bits per heavy atom. The summed E-state index contributed by atoms with van der Waals surface area (Å²) in [7, 11) is 0. The number of aryl methyl sites for hydroxylation is 1. The molecule has 2 amide bonds. The largest absolute Gasteiger partial charge is 0.349 e. The molecule has 1 aliphatic rings. The topological polar surface area (TPSA) is 113 Å². The number of carbonyl (C=O) groups is 2. The van der Waals surface area contributed by atoms with Gasteiger partial charge in [-0.1, -0.05) is 30.3 Å². The molecule has 0 fully saturated rings. The molecule has 1 aromatic carbocycles. The molecule has 2 N–H and O–H groups in total. The third kappa shape index (κ3) is 4.34. The zero-order valence-electron chi connectivity index (χ0n) is 17.2. The summed E-state index contributed by atoms with van der Waals surface area (Å²) in [5, 5.41) is 18.9. The number of nitriles is 1. The van der Waals surface area contributed by atoms with Gasteiger partial charge in [0.25, 0.3) is 11.8 Å². The minimum absolute atomic E-state index is 0.00432. The third-order valence-corrected chi connectivity index (χ3v) is 5.27. The van der Waals surface area contributed by atoms with Crippen LogP contribution in [0.15, 0.2) is 48.7 Å². The number of nitrogens with one attached hydrogen (secondary N) is 2. The van der Waals surface area contributed by atoms with Gasteiger partial charge in [0, 0.05) is 25.2 Å². The lowest BCUT2D eigenvalue weighted by Gasteiger charge is -2.23. The van der Waals surface area contributed by atoms with Crippen molar-refractivity contribution in [3.05, 3.63) is 76.7 Å². The first-order valence-electron chi connectivity index (χ1n) is 10.3. The SMILES string of the molecule is N#Cc1ccc(-n2nc3c(c2C(=O)NCCF)C(=O)NC(CCc2ccccc2)C3)nc1. The van der Waals surface area contributed by atoms with E-state index in [1.165, 1.54) is 16.4 Å². The Morgan fingerprint density at radius 3 is 2.78 bits per heavy atom.